The van der Waals surface area contributed by atoms with Gasteiger partial charge in [0.05, 0.1) is 11.1 Å². The first kappa shape index (κ1) is 15.0. The molecule has 0 radical (unpaired) electrons. The molecule has 0 N–H and O–H groups in total. The molecular weight excluding hydrogens is 278 g/mol. The molecule has 22 heavy (non-hydrogen) atoms. The van der Waals surface area contributed by atoms with Crippen LogP contribution in [0.1, 0.15) is 42.6 Å². The second-order valence-electron chi connectivity index (χ2n) is 6.99. The van der Waals surface area contributed by atoms with Crippen LogP contribution in [0.3, 0.4) is 0 Å². The van der Waals surface area contributed by atoms with Gasteiger partial charge >= 0.3 is 0 Å². The van der Waals surface area contributed by atoms with Gasteiger partial charge in [0, 0.05) is 37.9 Å². The molecule has 0 aromatic carbocycles. The van der Waals surface area contributed by atoms with Crippen molar-refractivity contribution in [3.05, 3.63) is 29.6 Å². The fourth-order valence-electron chi connectivity index (χ4n) is 3.14. The number of nitrogens with zero attached hydrogens (tertiary/aromatic N) is 3. The molecule has 0 bridgehead atoms. The Bertz CT molecular complexity index is 608. The zero-order valence-corrected chi connectivity index (χ0v) is 13.5. The summed E-state index contributed by atoms with van der Waals surface area (Å²) >= 11 is 0. The average molecular weight is 301 g/mol. The van der Waals surface area contributed by atoms with Crippen LogP contribution >= 0.6 is 0 Å². The van der Waals surface area contributed by atoms with Crippen molar-refractivity contribution < 1.29 is 9.59 Å². The minimum atomic E-state index is -0.359. The zero-order valence-electron chi connectivity index (χ0n) is 13.5. The Labute approximate surface area is 131 Å². The van der Waals surface area contributed by atoms with E-state index in [-0.39, 0.29) is 23.3 Å². The Kier molecular flexibility index (Phi) is 3.67. The lowest BCUT2D eigenvalue weighted by Gasteiger charge is -2.47. The second kappa shape index (κ2) is 5.38. The lowest BCUT2D eigenvalue weighted by molar-refractivity contribution is -0.136. The summed E-state index contributed by atoms with van der Waals surface area (Å²) in [6.45, 7) is 7.80. The highest BCUT2D eigenvalue weighted by Gasteiger charge is 2.42. The van der Waals surface area contributed by atoms with Gasteiger partial charge in [0.25, 0.3) is 5.91 Å². The third-order valence-corrected chi connectivity index (χ3v) is 4.65. The van der Waals surface area contributed by atoms with Crippen LogP contribution in [-0.4, -0.2) is 51.8 Å². The van der Waals surface area contributed by atoms with Gasteiger partial charge < -0.3 is 9.80 Å². The third kappa shape index (κ3) is 2.72. The van der Waals surface area contributed by atoms with E-state index >= 15 is 0 Å². The highest BCUT2D eigenvalue weighted by atomic mass is 16.2. The van der Waals surface area contributed by atoms with E-state index in [2.05, 4.69) is 4.98 Å². The summed E-state index contributed by atoms with van der Waals surface area (Å²) < 4.78 is 0. The molecule has 118 valence electrons. The third-order valence-electron chi connectivity index (χ3n) is 4.65. The number of aryl methyl sites for hydroxylation is 1. The van der Waals surface area contributed by atoms with Crippen molar-refractivity contribution in [3.63, 3.8) is 0 Å². The molecule has 1 aliphatic heterocycles. The van der Waals surface area contributed by atoms with Crippen LogP contribution in [0, 0.1) is 12.8 Å². The fraction of sp³-hybridized carbons (Fsp3) is 0.588. The first-order chi connectivity index (χ1) is 10.4. The van der Waals surface area contributed by atoms with Gasteiger partial charge in [0.15, 0.2) is 0 Å². The number of pyridine rings is 1. The maximum atomic E-state index is 12.8. The molecule has 2 aliphatic rings. The van der Waals surface area contributed by atoms with Crippen LogP contribution in [0.4, 0.5) is 0 Å². The predicted octanol–water partition coefficient (Wildman–Crippen LogP) is 1.86. The van der Waals surface area contributed by atoms with E-state index in [0.717, 1.165) is 18.4 Å². The Morgan fingerprint density at radius 3 is 2.59 bits per heavy atom. The molecule has 2 fully saturated rings. The first-order valence-corrected chi connectivity index (χ1v) is 7.91. The van der Waals surface area contributed by atoms with Crippen molar-refractivity contribution in [1.29, 1.82) is 0 Å². The highest BCUT2D eigenvalue weighted by Crippen LogP contribution is 2.33. The number of aromatic nitrogens is 1. The van der Waals surface area contributed by atoms with Crippen LogP contribution < -0.4 is 0 Å². The second-order valence-corrected chi connectivity index (χ2v) is 6.99. The van der Waals surface area contributed by atoms with Crippen LogP contribution in [-0.2, 0) is 4.79 Å². The minimum absolute atomic E-state index is 0.00845. The molecule has 0 unspecified atom stereocenters. The summed E-state index contributed by atoms with van der Waals surface area (Å²) in [5.74, 6) is 0.505. The highest BCUT2D eigenvalue weighted by molar-refractivity contribution is 5.96. The summed E-state index contributed by atoms with van der Waals surface area (Å²) in [7, 11) is 0. The molecule has 0 atom stereocenters. The number of carbonyl (C=O) groups excluding carboxylic acids is 2. The lowest BCUT2D eigenvalue weighted by Crippen LogP contribution is -2.62. The summed E-state index contributed by atoms with van der Waals surface area (Å²) in [4.78, 5) is 33.0. The van der Waals surface area contributed by atoms with Gasteiger partial charge in [-0.05, 0) is 45.2 Å². The summed E-state index contributed by atoms with van der Waals surface area (Å²) in [5, 5.41) is 0. The topological polar surface area (TPSA) is 53.5 Å². The minimum Gasteiger partial charge on any atom is -0.338 e. The maximum absolute atomic E-state index is 12.8. The summed E-state index contributed by atoms with van der Waals surface area (Å²) in [5.41, 5.74) is 1.23. The Morgan fingerprint density at radius 2 is 2.00 bits per heavy atom. The zero-order chi connectivity index (χ0) is 15.9. The van der Waals surface area contributed by atoms with Crippen LogP contribution in [0.5, 0.6) is 0 Å². The van der Waals surface area contributed by atoms with Gasteiger partial charge in [0.1, 0.15) is 0 Å². The Balaban J connectivity index is 1.76. The normalized spacial score (nSPS) is 20.9. The van der Waals surface area contributed by atoms with Gasteiger partial charge in [-0.3, -0.25) is 14.6 Å². The SMILES string of the molecule is Cc1ccncc1C(=O)N1CCN(C(=O)C2CC2)CC1(C)C. The molecule has 0 spiro atoms. The van der Waals surface area contributed by atoms with Crippen molar-refractivity contribution in [2.24, 2.45) is 5.92 Å². The van der Waals surface area contributed by atoms with Crippen molar-refractivity contribution in [3.8, 4) is 0 Å². The number of rotatable bonds is 2. The molecule has 2 heterocycles. The van der Waals surface area contributed by atoms with E-state index in [4.69, 9.17) is 0 Å². The molecular formula is C17H23N3O2. The van der Waals surface area contributed by atoms with E-state index in [0.29, 0.717) is 25.2 Å². The van der Waals surface area contributed by atoms with Crippen LogP contribution in [0.15, 0.2) is 18.5 Å². The van der Waals surface area contributed by atoms with Gasteiger partial charge in [0.2, 0.25) is 5.91 Å². The quantitative estimate of drug-likeness (QED) is 0.838. The molecule has 1 saturated carbocycles. The molecule has 5 nitrogen and oxygen atoms in total. The summed E-state index contributed by atoms with van der Waals surface area (Å²) in [6, 6.07) is 1.85. The van der Waals surface area contributed by atoms with E-state index in [1.165, 1.54) is 0 Å². The molecule has 3 rings (SSSR count). The number of carbonyl (C=O) groups is 2. The van der Waals surface area contributed by atoms with Gasteiger partial charge in [-0.2, -0.15) is 0 Å². The van der Waals surface area contributed by atoms with E-state index in [1.807, 2.05) is 36.6 Å². The van der Waals surface area contributed by atoms with Gasteiger partial charge in [-0.25, -0.2) is 0 Å². The molecule has 1 aromatic heterocycles. The monoisotopic (exact) mass is 301 g/mol. The molecule has 2 amide bonds. The predicted molar refractivity (Wildman–Crippen MR) is 83.4 cm³/mol. The lowest BCUT2D eigenvalue weighted by atomic mass is 9.96. The Morgan fingerprint density at radius 1 is 1.27 bits per heavy atom. The molecule has 1 aromatic rings. The smallest absolute Gasteiger partial charge is 0.256 e. The van der Waals surface area contributed by atoms with Crippen molar-refractivity contribution in [1.82, 2.24) is 14.8 Å². The first-order valence-electron chi connectivity index (χ1n) is 7.91. The van der Waals surface area contributed by atoms with Crippen molar-refractivity contribution >= 4 is 11.8 Å². The van der Waals surface area contributed by atoms with Gasteiger partial charge in [-0.1, -0.05) is 0 Å². The van der Waals surface area contributed by atoms with E-state index < -0.39 is 0 Å². The standard InChI is InChI=1S/C17H23N3O2/c1-12-6-7-18-10-14(12)16(22)20-9-8-19(11-17(20,2)3)15(21)13-4-5-13/h6-7,10,13H,4-5,8-9,11H2,1-3H3. The van der Waals surface area contributed by atoms with Crippen molar-refractivity contribution in [2.45, 2.75) is 39.2 Å². The molecule has 5 heteroatoms. The molecule has 1 aliphatic carbocycles. The molecule has 1 saturated heterocycles. The average Bonchev–Trinajstić information content (AvgIpc) is 3.30. The number of hydrogen-bond donors (Lipinski definition) is 0. The summed E-state index contributed by atoms with van der Waals surface area (Å²) in [6.07, 6.45) is 5.37. The van der Waals surface area contributed by atoms with E-state index in [1.54, 1.807) is 12.4 Å². The van der Waals surface area contributed by atoms with Crippen LogP contribution in [0.25, 0.3) is 0 Å². The fourth-order valence-corrected chi connectivity index (χ4v) is 3.14. The Hall–Kier alpha value is -1.91. The largest absolute Gasteiger partial charge is 0.338 e. The van der Waals surface area contributed by atoms with Crippen LogP contribution in [0.2, 0.25) is 0 Å². The van der Waals surface area contributed by atoms with Gasteiger partial charge in [-0.15, -0.1) is 0 Å². The van der Waals surface area contributed by atoms with E-state index in [9.17, 15) is 9.59 Å². The number of amides is 2. The van der Waals surface area contributed by atoms with Crippen molar-refractivity contribution in [2.75, 3.05) is 19.6 Å². The maximum Gasteiger partial charge on any atom is 0.256 e. The number of piperazine rings is 1. The number of hydrogen-bond acceptors (Lipinski definition) is 3.